The van der Waals surface area contributed by atoms with E-state index >= 15 is 0 Å². The van der Waals surface area contributed by atoms with Gasteiger partial charge in [-0.3, -0.25) is 0 Å². The molecule has 0 aliphatic rings. The van der Waals surface area contributed by atoms with Crippen molar-refractivity contribution in [2.24, 2.45) is 0 Å². The van der Waals surface area contributed by atoms with Gasteiger partial charge in [-0.05, 0) is 12.1 Å². The maximum absolute atomic E-state index is 10.9. The van der Waals surface area contributed by atoms with Crippen LogP contribution in [0.5, 0.6) is 0 Å². The minimum absolute atomic E-state index is 0.0242. The molecule has 0 amide bonds. The van der Waals surface area contributed by atoms with E-state index in [0.29, 0.717) is 5.69 Å². The second kappa shape index (κ2) is 3.98. The van der Waals surface area contributed by atoms with Crippen molar-refractivity contribution in [2.45, 2.75) is 0 Å². The minimum atomic E-state index is -1.28. The Bertz CT molecular complexity index is 610. The number of benzene rings is 1. The number of aromatic nitrogens is 2. The van der Waals surface area contributed by atoms with Crippen LogP contribution >= 0.6 is 0 Å². The second-order valence-corrected chi connectivity index (χ2v) is 3.27. The van der Waals surface area contributed by atoms with Gasteiger partial charge in [-0.25, -0.2) is 9.48 Å². The lowest BCUT2D eigenvalue weighted by molar-refractivity contribution is 0.0689. The number of nitriles is 1. The number of nitrogens with zero attached hydrogens (tertiary/aromatic N) is 3. The van der Waals surface area contributed by atoms with Gasteiger partial charge in [0.1, 0.15) is 17.5 Å². The summed E-state index contributed by atoms with van der Waals surface area (Å²) in [5, 5.41) is 21.6. The lowest BCUT2D eigenvalue weighted by Gasteiger charge is -2.02. The van der Waals surface area contributed by atoms with Gasteiger partial charge in [0.2, 0.25) is 0 Å². The Morgan fingerprint density at radius 3 is 2.53 bits per heavy atom. The normalized spacial score (nSPS) is 9.82. The first-order chi connectivity index (χ1) is 8.15. The smallest absolute Gasteiger partial charge is 0.357 e. The zero-order valence-electron chi connectivity index (χ0n) is 8.66. The van der Waals surface area contributed by atoms with E-state index in [1.54, 1.807) is 30.3 Å². The zero-order chi connectivity index (χ0) is 12.4. The van der Waals surface area contributed by atoms with Crippen molar-refractivity contribution in [1.82, 2.24) is 9.78 Å². The average Bonchev–Trinajstić information content (AvgIpc) is 2.67. The van der Waals surface area contributed by atoms with Crippen molar-refractivity contribution in [3.05, 3.63) is 41.6 Å². The quantitative estimate of drug-likeness (QED) is 0.798. The third kappa shape index (κ3) is 1.70. The molecule has 0 unspecified atom stereocenters. The van der Waals surface area contributed by atoms with Crippen LogP contribution in [0.2, 0.25) is 0 Å². The topological polar surface area (TPSA) is 105 Å². The Labute approximate surface area is 96.5 Å². The molecule has 2 aromatic rings. The van der Waals surface area contributed by atoms with E-state index in [9.17, 15) is 4.79 Å². The van der Waals surface area contributed by atoms with Gasteiger partial charge < -0.3 is 10.8 Å². The summed E-state index contributed by atoms with van der Waals surface area (Å²) in [4.78, 5) is 10.9. The fourth-order valence-corrected chi connectivity index (χ4v) is 1.46. The van der Waals surface area contributed by atoms with E-state index in [1.165, 1.54) is 4.68 Å². The molecule has 0 aliphatic heterocycles. The van der Waals surface area contributed by atoms with Crippen LogP contribution in [0.4, 0.5) is 5.82 Å². The first kappa shape index (κ1) is 10.7. The molecule has 1 aromatic heterocycles. The summed E-state index contributed by atoms with van der Waals surface area (Å²) < 4.78 is 1.24. The van der Waals surface area contributed by atoms with E-state index < -0.39 is 5.97 Å². The molecule has 0 aliphatic carbocycles. The molecule has 1 heterocycles. The molecule has 6 nitrogen and oxygen atoms in total. The number of aromatic carboxylic acids is 1. The van der Waals surface area contributed by atoms with Crippen LogP contribution in [0.1, 0.15) is 16.1 Å². The van der Waals surface area contributed by atoms with Gasteiger partial charge in [-0.2, -0.15) is 10.4 Å². The van der Waals surface area contributed by atoms with Crippen molar-refractivity contribution in [3.8, 4) is 11.8 Å². The summed E-state index contributed by atoms with van der Waals surface area (Å²) >= 11 is 0. The number of hydrogen-bond donors (Lipinski definition) is 2. The number of hydrogen-bond acceptors (Lipinski definition) is 4. The highest BCUT2D eigenvalue weighted by molar-refractivity contribution is 5.90. The third-order valence-electron chi connectivity index (χ3n) is 2.24. The van der Waals surface area contributed by atoms with Gasteiger partial charge in [0, 0.05) is 0 Å². The van der Waals surface area contributed by atoms with Crippen LogP contribution in [0.25, 0.3) is 5.69 Å². The highest BCUT2D eigenvalue weighted by atomic mass is 16.4. The van der Waals surface area contributed by atoms with E-state index in [2.05, 4.69) is 5.10 Å². The maximum atomic E-state index is 10.9. The molecule has 0 spiro atoms. The number of carboxylic acid groups (broad SMARTS) is 1. The largest absolute Gasteiger partial charge is 0.476 e. The van der Waals surface area contributed by atoms with E-state index in [0.717, 1.165) is 0 Å². The summed E-state index contributed by atoms with van der Waals surface area (Å²) in [5.74, 6) is -1.25. The molecule has 6 heteroatoms. The van der Waals surface area contributed by atoms with Crippen LogP contribution in [-0.4, -0.2) is 20.9 Å². The summed E-state index contributed by atoms with van der Waals surface area (Å²) in [5.41, 5.74) is 5.84. The average molecular weight is 228 g/mol. The van der Waals surface area contributed by atoms with Crippen molar-refractivity contribution >= 4 is 11.8 Å². The number of carbonyl (C=O) groups is 1. The van der Waals surface area contributed by atoms with E-state index in [4.69, 9.17) is 16.1 Å². The molecule has 84 valence electrons. The van der Waals surface area contributed by atoms with Gasteiger partial charge in [-0.15, -0.1) is 0 Å². The van der Waals surface area contributed by atoms with Gasteiger partial charge in [0.25, 0.3) is 0 Å². The van der Waals surface area contributed by atoms with Gasteiger partial charge in [0.05, 0.1) is 5.69 Å². The maximum Gasteiger partial charge on any atom is 0.357 e. The molecule has 0 saturated heterocycles. The second-order valence-electron chi connectivity index (χ2n) is 3.27. The lowest BCUT2D eigenvalue weighted by atomic mass is 10.2. The van der Waals surface area contributed by atoms with Gasteiger partial charge >= 0.3 is 5.97 Å². The fourth-order valence-electron chi connectivity index (χ4n) is 1.46. The molecule has 0 radical (unpaired) electrons. The third-order valence-corrected chi connectivity index (χ3v) is 2.24. The predicted octanol–water partition coefficient (Wildman–Crippen LogP) is 1.02. The predicted molar refractivity (Wildman–Crippen MR) is 59.7 cm³/mol. The molecule has 0 bridgehead atoms. The van der Waals surface area contributed by atoms with Crippen molar-refractivity contribution in [2.75, 3.05) is 5.73 Å². The Hall–Kier alpha value is -2.81. The van der Waals surface area contributed by atoms with Crippen LogP contribution < -0.4 is 5.73 Å². The van der Waals surface area contributed by atoms with E-state index in [-0.39, 0.29) is 17.1 Å². The minimum Gasteiger partial charge on any atom is -0.476 e. The number of nitrogen functional groups attached to an aromatic ring is 1. The van der Waals surface area contributed by atoms with Crippen LogP contribution in [0.3, 0.4) is 0 Å². The van der Waals surface area contributed by atoms with Gasteiger partial charge in [-0.1, -0.05) is 18.2 Å². The summed E-state index contributed by atoms with van der Waals surface area (Å²) in [6.45, 7) is 0. The van der Waals surface area contributed by atoms with Crippen molar-refractivity contribution < 1.29 is 9.90 Å². The number of anilines is 1. The summed E-state index contributed by atoms with van der Waals surface area (Å²) in [6.07, 6.45) is 0. The molecule has 17 heavy (non-hydrogen) atoms. The standard InChI is InChI=1S/C11H8N4O2/c12-6-8-9(11(16)17)14-15(10(8)13)7-4-2-1-3-5-7/h1-5H,13H2,(H,16,17). The Morgan fingerprint density at radius 1 is 1.41 bits per heavy atom. The molecule has 0 saturated carbocycles. The first-order valence-corrected chi connectivity index (χ1v) is 4.72. The number of rotatable bonds is 2. The first-order valence-electron chi connectivity index (χ1n) is 4.72. The number of para-hydroxylation sites is 1. The summed E-state index contributed by atoms with van der Waals surface area (Å²) in [6, 6.07) is 10.5. The molecule has 1 aromatic carbocycles. The zero-order valence-corrected chi connectivity index (χ0v) is 8.66. The monoisotopic (exact) mass is 228 g/mol. The Kier molecular flexibility index (Phi) is 2.51. The van der Waals surface area contributed by atoms with E-state index in [1.807, 2.05) is 6.07 Å². The van der Waals surface area contributed by atoms with Gasteiger partial charge in [0.15, 0.2) is 5.69 Å². The van der Waals surface area contributed by atoms with Crippen LogP contribution in [0.15, 0.2) is 30.3 Å². The summed E-state index contributed by atoms with van der Waals surface area (Å²) in [7, 11) is 0. The van der Waals surface area contributed by atoms with Crippen LogP contribution in [0, 0.1) is 11.3 Å². The number of nitrogens with two attached hydrogens (primary N) is 1. The Morgan fingerprint density at radius 2 is 2.06 bits per heavy atom. The van der Waals surface area contributed by atoms with Crippen molar-refractivity contribution in [1.29, 1.82) is 5.26 Å². The fraction of sp³-hybridized carbons (Fsp3) is 0. The Balaban J connectivity index is 2.66. The van der Waals surface area contributed by atoms with Crippen molar-refractivity contribution in [3.63, 3.8) is 0 Å². The SMILES string of the molecule is N#Cc1c(C(=O)O)nn(-c2ccccc2)c1N. The molecule has 2 rings (SSSR count). The molecule has 3 N–H and O–H groups in total. The van der Waals surface area contributed by atoms with Crippen LogP contribution in [-0.2, 0) is 0 Å². The lowest BCUT2D eigenvalue weighted by Crippen LogP contribution is -2.03. The molecule has 0 atom stereocenters. The highest BCUT2D eigenvalue weighted by Gasteiger charge is 2.21. The molecule has 0 fully saturated rings. The molecular formula is C11H8N4O2. The highest BCUT2D eigenvalue weighted by Crippen LogP contribution is 2.20. The molecular weight excluding hydrogens is 220 g/mol. The number of carboxylic acids is 1.